The molecule has 2 N–H and O–H groups in total. The molecule has 0 atom stereocenters. The van der Waals surface area contributed by atoms with Crippen LogP contribution in [0.25, 0.3) is 45.9 Å². The van der Waals surface area contributed by atoms with Crippen LogP contribution >= 0.6 is 0 Å². The molecule has 0 saturated heterocycles. The predicted octanol–water partition coefficient (Wildman–Crippen LogP) is 0.358. The van der Waals surface area contributed by atoms with Crippen LogP contribution in [0.2, 0.25) is 0 Å². The Bertz CT molecular complexity index is 1620. The van der Waals surface area contributed by atoms with Gasteiger partial charge in [0.05, 0.1) is 22.8 Å². The quantitative estimate of drug-likeness (QED) is 0.292. The Hall–Kier alpha value is -3.22. The van der Waals surface area contributed by atoms with E-state index in [1.165, 1.54) is 12.1 Å². The van der Waals surface area contributed by atoms with E-state index >= 15 is 0 Å². The number of hydrogen-bond acceptors (Lipinski definition) is 2. The monoisotopic (exact) mass is 548 g/mol. The van der Waals surface area contributed by atoms with E-state index in [-0.39, 0.29) is 41.9 Å². The zero-order valence-corrected chi connectivity index (χ0v) is 20.5. The van der Waals surface area contributed by atoms with Crippen LogP contribution in [-0.2, 0) is 17.1 Å². The third kappa shape index (κ3) is 5.39. The second kappa shape index (κ2) is 10.6. The molecule has 0 aliphatic carbocycles. The molecule has 1 aromatic carbocycles. The smallest absolute Gasteiger partial charge is 1.00 e. The molecule has 9 heteroatoms. The summed E-state index contributed by atoms with van der Waals surface area (Å²) in [5.41, 5.74) is 7.35. The topological polar surface area (TPSA) is 57.4 Å². The van der Waals surface area contributed by atoms with E-state index in [1.807, 2.05) is 66.8 Å². The minimum Gasteiger partial charge on any atom is -1.00 e. The van der Waals surface area contributed by atoms with Gasteiger partial charge in [-0.3, -0.25) is 0 Å². The summed E-state index contributed by atoms with van der Waals surface area (Å²) in [6, 6.07) is 19.1. The van der Waals surface area contributed by atoms with Crippen LogP contribution in [0.3, 0.4) is 0 Å². The molecule has 5 heterocycles. The summed E-state index contributed by atoms with van der Waals surface area (Å²) in [6.07, 6.45) is 5.74. The Morgan fingerprint density at radius 1 is 0.600 bits per heavy atom. The van der Waals surface area contributed by atoms with Crippen LogP contribution in [0.15, 0.2) is 66.7 Å². The van der Waals surface area contributed by atoms with Crippen molar-refractivity contribution in [2.24, 2.45) is 0 Å². The Balaban J connectivity index is 0.00000114. The minimum atomic E-state index is -0.625. The molecule has 0 radical (unpaired) electrons. The first-order valence-corrected chi connectivity index (χ1v) is 10.1. The van der Waals surface area contributed by atoms with E-state index in [1.54, 1.807) is 0 Å². The summed E-state index contributed by atoms with van der Waals surface area (Å²) in [6.45, 7) is 0. The first-order chi connectivity index (χ1) is 15.6. The Labute approximate surface area is 222 Å². The molecule has 4 nitrogen and oxygen atoms in total. The minimum absolute atomic E-state index is 0. The predicted molar refractivity (Wildman–Crippen MR) is 123 cm³/mol. The standard InChI is InChI=1S/C26H16F2N4.2ClH.Fe/c27-15-1-8-23(25(28)9-15)24-13-22-12-20-5-4-18(30-20)10-16-2-3-17(29-16)11-19-6-7-21(31-19)14-26(24)32-22;;;/h1-14,30-31H;2*1H;/q;;;+2/p-2. The van der Waals surface area contributed by atoms with Crippen molar-refractivity contribution >= 4 is 45.9 Å². The summed E-state index contributed by atoms with van der Waals surface area (Å²) < 4.78 is 28.1. The normalized spacial score (nSPS) is 11.7. The average Bonchev–Trinajstić information content (AvgIpc) is 3.53. The van der Waals surface area contributed by atoms with Gasteiger partial charge in [0.15, 0.2) is 0 Å². The molecule has 4 aromatic rings. The van der Waals surface area contributed by atoms with Gasteiger partial charge in [-0.2, -0.15) is 0 Å². The number of aromatic amines is 2. The number of nitrogens with one attached hydrogen (secondary N) is 2. The van der Waals surface area contributed by atoms with Crippen molar-refractivity contribution in [3.63, 3.8) is 0 Å². The van der Waals surface area contributed by atoms with Gasteiger partial charge in [0, 0.05) is 39.3 Å². The SMILES string of the molecule is Fc1ccc(C2=Cc3cc4ccc(cc5nc(cc6ccc(cc2n3)[nH]6)C=C5)[nH]4)c(F)c1.[Cl-].[Cl-].[Fe+2]. The number of aromatic nitrogens is 4. The van der Waals surface area contributed by atoms with Gasteiger partial charge >= 0.3 is 17.1 Å². The van der Waals surface area contributed by atoms with Crippen LogP contribution < -0.4 is 24.8 Å². The summed E-state index contributed by atoms with van der Waals surface area (Å²) in [7, 11) is 0. The number of benzene rings is 1. The maximum absolute atomic E-state index is 14.6. The molecule has 0 amide bonds. The maximum atomic E-state index is 14.6. The van der Waals surface area contributed by atoms with Gasteiger partial charge in [0.2, 0.25) is 0 Å². The van der Waals surface area contributed by atoms with Gasteiger partial charge in [-0.05, 0) is 78.9 Å². The number of H-pyrrole nitrogens is 2. The molecule has 3 aromatic heterocycles. The van der Waals surface area contributed by atoms with E-state index in [4.69, 9.17) is 4.98 Å². The number of hydrogen-bond donors (Lipinski definition) is 2. The fraction of sp³-hybridized carbons (Fsp3) is 0. The first-order valence-electron chi connectivity index (χ1n) is 10.1. The van der Waals surface area contributed by atoms with Gasteiger partial charge in [0.25, 0.3) is 0 Å². The third-order valence-electron chi connectivity index (χ3n) is 5.39. The van der Waals surface area contributed by atoms with Crippen molar-refractivity contribution in [3.05, 3.63) is 107 Å². The second-order valence-corrected chi connectivity index (χ2v) is 7.71. The molecule has 0 saturated carbocycles. The molecule has 6 rings (SSSR count). The van der Waals surface area contributed by atoms with E-state index in [2.05, 4.69) is 15.0 Å². The summed E-state index contributed by atoms with van der Waals surface area (Å²) in [5.74, 6) is -1.24. The number of nitrogens with zero attached hydrogens (tertiary/aromatic N) is 2. The zero-order chi connectivity index (χ0) is 21.7. The molecule has 35 heavy (non-hydrogen) atoms. The van der Waals surface area contributed by atoms with Crippen LogP contribution in [0.1, 0.15) is 28.3 Å². The van der Waals surface area contributed by atoms with Gasteiger partial charge in [-0.1, -0.05) is 0 Å². The van der Waals surface area contributed by atoms with Gasteiger partial charge in [-0.25, -0.2) is 18.7 Å². The first kappa shape index (κ1) is 26.4. The number of rotatable bonds is 1. The van der Waals surface area contributed by atoms with E-state index in [0.29, 0.717) is 22.5 Å². The third-order valence-corrected chi connectivity index (χ3v) is 5.39. The fourth-order valence-electron chi connectivity index (χ4n) is 3.94. The van der Waals surface area contributed by atoms with E-state index in [9.17, 15) is 8.78 Å². The Kier molecular flexibility index (Phi) is 7.98. The van der Waals surface area contributed by atoms with Crippen molar-refractivity contribution in [3.8, 4) is 0 Å². The Morgan fingerprint density at radius 3 is 1.71 bits per heavy atom. The molecule has 0 spiro atoms. The van der Waals surface area contributed by atoms with Crippen LogP contribution in [-0.4, -0.2) is 19.9 Å². The molecule has 8 bridgehead atoms. The average molecular weight is 549 g/mol. The molecule has 0 unspecified atom stereocenters. The molecule has 2 aliphatic rings. The molecule has 0 fully saturated rings. The fourth-order valence-corrected chi connectivity index (χ4v) is 3.94. The second-order valence-electron chi connectivity index (χ2n) is 7.71. The number of fused-ring (bicyclic) bond motifs is 8. The van der Waals surface area contributed by atoms with Crippen molar-refractivity contribution in [2.45, 2.75) is 0 Å². The van der Waals surface area contributed by atoms with Gasteiger partial charge < -0.3 is 34.8 Å². The summed E-state index contributed by atoms with van der Waals surface area (Å²) >= 11 is 0. The zero-order valence-electron chi connectivity index (χ0n) is 17.8. The van der Waals surface area contributed by atoms with Crippen molar-refractivity contribution in [1.82, 2.24) is 19.9 Å². The van der Waals surface area contributed by atoms with Crippen molar-refractivity contribution in [1.29, 1.82) is 0 Å². The molecule has 2 aliphatic heterocycles. The maximum Gasteiger partial charge on any atom is 2.00 e. The van der Waals surface area contributed by atoms with Crippen LogP contribution in [0.5, 0.6) is 0 Å². The number of halogens is 4. The Morgan fingerprint density at radius 2 is 1.14 bits per heavy atom. The molecular formula is C26H16Cl2F2FeN4. The summed E-state index contributed by atoms with van der Waals surface area (Å²) in [5, 5.41) is 0. The van der Waals surface area contributed by atoms with Gasteiger partial charge in [0.1, 0.15) is 11.6 Å². The molecule has 176 valence electrons. The van der Waals surface area contributed by atoms with Crippen molar-refractivity contribution in [2.75, 3.05) is 0 Å². The van der Waals surface area contributed by atoms with Crippen LogP contribution in [0.4, 0.5) is 8.78 Å². The molecular weight excluding hydrogens is 533 g/mol. The van der Waals surface area contributed by atoms with E-state index < -0.39 is 11.6 Å². The van der Waals surface area contributed by atoms with Gasteiger partial charge in [-0.15, -0.1) is 0 Å². The summed E-state index contributed by atoms with van der Waals surface area (Å²) in [4.78, 5) is 16.0. The van der Waals surface area contributed by atoms with E-state index in [0.717, 1.165) is 39.5 Å². The van der Waals surface area contributed by atoms with Crippen molar-refractivity contribution < 1.29 is 50.7 Å². The largest absolute Gasteiger partial charge is 2.00 e. The van der Waals surface area contributed by atoms with Crippen LogP contribution in [0, 0.1) is 11.6 Å².